The van der Waals surface area contributed by atoms with Crippen LogP contribution in [-0.4, -0.2) is 22.5 Å². The van der Waals surface area contributed by atoms with Gasteiger partial charge >= 0.3 is 0 Å². The quantitative estimate of drug-likeness (QED) is 0.498. The molecule has 1 amide bonds. The third-order valence-electron chi connectivity index (χ3n) is 4.50. The summed E-state index contributed by atoms with van der Waals surface area (Å²) in [5, 5.41) is 5.51. The van der Waals surface area contributed by atoms with Crippen molar-refractivity contribution in [1.82, 2.24) is 9.97 Å². The van der Waals surface area contributed by atoms with Crippen LogP contribution in [-0.2, 0) is 4.79 Å². The van der Waals surface area contributed by atoms with Gasteiger partial charge < -0.3 is 10.1 Å². The van der Waals surface area contributed by atoms with Gasteiger partial charge in [-0.15, -0.1) is 11.3 Å². The number of anilines is 1. The normalized spacial score (nSPS) is 10.9. The van der Waals surface area contributed by atoms with E-state index in [2.05, 4.69) is 15.3 Å². The molecule has 0 atom stereocenters. The maximum absolute atomic E-state index is 13.3. The van der Waals surface area contributed by atoms with Crippen LogP contribution in [0.1, 0.15) is 11.1 Å². The third kappa shape index (κ3) is 4.09. The number of nitrogens with one attached hydrogen (secondary N) is 1. The van der Waals surface area contributed by atoms with Gasteiger partial charge in [0.25, 0.3) is 5.91 Å². The fraction of sp³-hybridized carbons (Fsp3) is 0.136. The number of nitrogens with zero attached hydrogens (tertiary/aromatic N) is 2. The highest BCUT2D eigenvalue weighted by Crippen LogP contribution is 2.37. The van der Waals surface area contributed by atoms with E-state index < -0.39 is 0 Å². The highest BCUT2D eigenvalue weighted by molar-refractivity contribution is 7.17. The zero-order valence-corrected chi connectivity index (χ0v) is 16.7. The number of ether oxygens (including phenoxy) is 1. The van der Waals surface area contributed by atoms with Crippen molar-refractivity contribution >= 4 is 33.1 Å². The molecular formula is C22H18FN3O2S. The number of rotatable bonds is 5. The summed E-state index contributed by atoms with van der Waals surface area (Å²) in [5.74, 6) is -0.250. The number of hydrogen-bond acceptors (Lipinski definition) is 5. The number of hydrogen-bond donors (Lipinski definition) is 1. The minimum absolute atomic E-state index is 0.182. The lowest BCUT2D eigenvalue weighted by Crippen LogP contribution is -2.21. The average molecular weight is 407 g/mol. The Kier molecular flexibility index (Phi) is 5.22. The molecule has 0 bridgehead atoms. The van der Waals surface area contributed by atoms with Crippen LogP contribution in [0.25, 0.3) is 21.3 Å². The maximum atomic E-state index is 13.3. The maximum Gasteiger partial charge on any atom is 0.262 e. The minimum Gasteiger partial charge on any atom is -0.467 e. The molecule has 0 unspecified atom stereocenters. The average Bonchev–Trinajstić information content (AvgIpc) is 3.14. The first-order valence-electron chi connectivity index (χ1n) is 8.99. The number of amides is 1. The molecule has 0 fully saturated rings. The second-order valence-electron chi connectivity index (χ2n) is 6.67. The molecular weight excluding hydrogens is 389 g/mol. The number of halogens is 1. The van der Waals surface area contributed by atoms with Crippen molar-refractivity contribution in [3.05, 3.63) is 71.1 Å². The van der Waals surface area contributed by atoms with Gasteiger partial charge in [0.05, 0.1) is 5.39 Å². The largest absolute Gasteiger partial charge is 0.467 e. The van der Waals surface area contributed by atoms with Crippen molar-refractivity contribution in [3.63, 3.8) is 0 Å². The van der Waals surface area contributed by atoms with Crippen LogP contribution in [0, 0.1) is 19.7 Å². The van der Waals surface area contributed by atoms with E-state index >= 15 is 0 Å². The van der Waals surface area contributed by atoms with E-state index in [-0.39, 0.29) is 18.3 Å². The van der Waals surface area contributed by atoms with Gasteiger partial charge in [-0.1, -0.05) is 24.3 Å². The molecule has 0 radical (unpaired) electrons. The Morgan fingerprint density at radius 1 is 1.14 bits per heavy atom. The summed E-state index contributed by atoms with van der Waals surface area (Å²) in [6.45, 7) is 3.72. The van der Waals surface area contributed by atoms with Gasteiger partial charge in [-0.3, -0.25) is 4.79 Å². The molecule has 0 spiro atoms. The zero-order chi connectivity index (χ0) is 20.4. The van der Waals surface area contributed by atoms with Crippen LogP contribution in [0.3, 0.4) is 0 Å². The van der Waals surface area contributed by atoms with Gasteiger partial charge in [0.1, 0.15) is 17.0 Å². The van der Waals surface area contributed by atoms with Gasteiger partial charge in [0, 0.05) is 16.6 Å². The molecule has 0 aliphatic carbocycles. The molecule has 29 heavy (non-hydrogen) atoms. The van der Waals surface area contributed by atoms with Crippen molar-refractivity contribution < 1.29 is 13.9 Å². The molecule has 4 rings (SSSR count). The molecule has 1 N–H and O–H groups in total. The number of carbonyl (C=O) groups excluding carboxylic acids is 1. The minimum atomic E-state index is -0.302. The third-order valence-corrected chi connectivity index (χ3v) is 5.38. The Morgan fingerprint density at radius 2 is 1.93 bits per heavy atom. The molecule has 2 heterocycles. The summed E-state index contributed by atoms with van der Waals surface area (Å²) >= 11 is 1.44. The van der Waals surface area contributed by atoms with E-state index in [1.54, 1.807) is 12.1 Å². The van der Waals surface area contributed by atoms with Crippen LogP contribution >= 0.6 is 11.3 Å². The number of aryl methyl sites for hydroxylation is 2. The van der Waals surface area contributed by atoms with Crippen molar-refractivity contribution in [2.45, 2.75) is 13.8 Å². The monoisotopic (exact) mass is 407 g/mol. The Balaban J connectivity index is 1.56. The molecule has 2 aromatic carbocycles. The molecule has 7 heteroatoms. The van der Waals surface area contributed by atoms with Crippen molar-refractivity contribution in [2.24, 2.45) is 0 Å². The van der Waals surface area contributed by atoms with Crippen molar-refractivity contribution in [3.8, 4) is 17.0 Å². The second-order valence-corrected chi connectivity index (χ2v) is 7.53. The molecule has 2 aromatic heterocycles. The Labute approximate surface area is 171 Å². The molecule has 0 saturated heterocycles. The van der Waals surface area contributed by atoms with Gasteiger partial charge in [0.15, 0.2) is 6.61 Å². The summed E-state index contributed by atoms with van der Waals surface area (Å²) in [6.07, 6.45) is 1.41. The number of aromatic nitrogens is 2. The number of thiophene rings is 1. The second kappa shape index (κ2) is 7.97. The highest BCUT2D eigenvalue weighted by Gasteiger charge is 2.15. The van der Waals surface area contributed by atoms with E-state index in [9.17, 15) is 9.18 Å². The van der Waals surface area contributed by atoms with Gasteiger partial charge in [-0.25, -0.2) is 14.4 Å². The van der Waals surface area contributed by atoms with Crippen molar-refractivity contribution in [1.29, 1.82) is 0 Å². The van der Waals surface area contributed by atoms with E-state index in [0.717, 1.165) is 32.8 Å². The summed E-state index contributed by atoms with van der Waals surface area (Å²) in [4.78, 5) is 21.6. The highest BCUT2D eigenvalue weighted by atomic mass is 32.1. The number of benzene rings is 2. The zero-order valence-electron chi connectivity index (χ0n) is 15.9. The molecule has 0 aliphatic heterocycles. The molecule has 5 nitrogen and oxygen atoms in total. The first-order chi connectivity index (χ1) is 14.0. The van der Waals surface area contributed by atoms with Crippen LogP contribution in [0.4, 0.5) is 10.1 Å². The van der Waals surface area contributed by atoms with Crippen LogP contribution in [0.2, 0.25) is 0 Å². The summed E-state index contributed by atoms with van der Waals surface area (Å²) < 4.78 is 19.0. The van der Waals surface area contributed by atoms with Gasteiger partial charge in [-0.2, -0.15) is 0 Å². The Hall–Kier alpha value is -3.32. The van der Waals surface area contributed by atoms with E-state index in [0.29, 0.717) is 11.3 Å². The summed E-state index contributed by atoms with van der Waals surface area (Å²) in [6, 6.07) is 12.1. The molecule has 146 valence electrons. The lowest BCUT2D eigenvalue weighted by Gasteiger charge is -2.11. The fourth-order valence-corrected chi connectivity index (χ4v) is 3.90. The lowest BCUT2D eigenvalue weighted by molar-refractivity contribution is -0.118. The fourth-order valence-electron chi connectivity index (χ4n) is 2.99. The van der Waals surface area contributed by atoms with Crippen LogP contribution < -0.4 is 10.1 Å². The van der Waals surface area contributed by atoms with Gasteiger partial charge in [-0.05, 0) is 48.7 Å². The summed E-state index contributed by atoms with van der Waals surface area (Å²) in [7, 11) is 0. The Bertz CT molecular complexity index is 1190. The molecule has 4 aromatic rings. The van der Waals surface area contributed by atoms with Crippen molar-refractivity contribution in [2.75, 3.05) is 11.9 Å². The van der Waals surface area contributed by atoms with E-state index in [1.807, 2.05) is 37.4 Å². The predicted molar refractivity (Wildman–Crippen MR) is 113 cm³/mol. The lowest BCUT2D eigenvalue weighted by atomic mass is 10.1. The van der Waals surface area contributed by atoms with E-state index in [1.165, 1.54) is 29.8 Å². The molecule has 0 saturated carbocycles. The van der Waals surface area contributed by atoms with Crippen LogP contribution in [0.15, 0.2) is 54.2 Å². The first-order valence-corrected chi connectivity index (χ1v) is 9.87. The molecule has 0 aliphatic rings. The smallest absolute Gasteiger partial charge is 0.262 e. The van der Waals surface area contributed by atoms with E-state index in [4.69, 9.17) is 4.74 Å². The summed E-state index contributed by atoms with van der Waals surface area (Å²) in [5.41, 5.74) is 4.47. The predicted octanol–water partition coefficient (Wildman–Crippen LogP) is 5.13. The van der Waals surface area contributed by atoms with Gasteiger partial charge in [0.2, 0.25) is 5.88 Å². The standard InChI is InChI=1S/C22H18FN3O2S/c1-13-3-4-14(2)18(9-13)26-19(27)10-28-21-20-17(11-29-22(20)25-12-24-21)15-5-7-16(23)8-6-15/h3-9,11-12H,10H2,1-2H3,(H,26,27). The van der Waals surface area contributed by atoms with Crippen LogP contribution in [0.5, 0.6) is 5.88 Å². The Morgan fingerprint density at radius 3 is 2.72 bits per heavy atom. The number of fused-ring (bicyclic) bond motifs is 1. The SMILES string of the molecule is Cc1ccc(C)c(NC(=O)COc2ncnc3scc(-c4ccc(F)cc4)c23)c1. The number of carbonyl (C=O) groups is 1. The first kappa shape index (κ1) is 19.0. The topological polar surface area (TPSA) is 64.1 Å².